The normalized spacial score (nSPS) is 29.4. The fourth-order valence-electron chi connectivity index (χ4n) is 2.66. The molecule has 1 unspecified atom stereocenters. The Balaban J connectivity index is 0.00000128. The van der Waals surface area contributed by atoms with Crippen molar-refractivity contribution in [2.45, 2.75) is 19.8 Å². The van der Waals surface area contributed by atoms with Crippen LogP contribution in [0.2, 0.25) is 0 Å². The number of thioether (sulfide) groups is 1. The highest BCUT2D eigenvalue weighted by Gasteiger charge is 2.20. The topological polar surface area (TPSA) is 15.3 Å². The van der Waals surface area contributed by atoms with Crippen molar-refractivity contribution in [3.63, 3.8) is 0 Å². The summed E-state index contributed by atoms with van der Waals surface area (Å²) in [6.07, 6.45) is 2.77. The molecule has 0 radical (unpaired) electrons. The van der Waals surface area contributed by atoms with E-state index in [1.165, 1.54) is 57.1 Å². The van der Waals surface area contributed by atoms with Gasteiger partial charge in [-0.25, -0.2) is 0 Å². The zero-order valence-electron chi connectivity index (χ0n) is 10.3. The summed E-state index contributed by atoms with van der Waals surface area (Å²) in [5.41, 5.74) is 0. The van der Waals surface area contributed by atoms with Crippen molar-refractivity contribution < 1.29 is 0 Å². The van der Waals surface area contributed by atoms with Gasteiger partial charge in [0.1, 0.15) is 0 Å². The van der Waals surface area contributed by atoms with Crippen LogP contribution in [0.25, 0.3) is 0 Å². The van der Waals surface area contributed by atoms with E-state index in [0.29, 0.717) is 0 Å². The molecule has 1 atom stereocenters. The number of rotatable bonds is 2. The fraction of sp³-hybridized carbons (Fsp3) is 1.00. The SMILES string of the molecule is CC1CSCCN(CC2CCNCC2)C1.Cl. The average Bonchev–Trinajstić information content (AvgIpc) is 2.44. The van der Waals surface area contributed by atoms with Crippen LogP contribution in [-0.2, 0) is 0 Å². The van der Waals surface area contributed by atoms with Crippen LogP contribution < -0.4 is 5.32 Å². The predicted molar refractivity (Wildman–Crippen MR) is 75.8 cm³/mol. The standard InChI is InChI=1S/C12H24N2S.ClH/c1-11-8-14(6-7-15-10-11)9-12-2-4-13-5-3-12;/h11-13H,2-10H2,1H3;1H. The van der Waals surface area contributed by atoms with Crippen LogP contribution in [0.4, 0.5) is 0 Å². The van der Waals surface area contributed by atoms with Crippen molar-refractivity contribution in [2.24, 2.45) is 11.8 Å². The lowest BCUT2D eigenvalue weighted by atomic mass is 9.97. The summed E-state index contributed by atoms with van der Waals surface area (Å²) in [4.78, 5) is 2.71. The minimum Gasteiger partial charge on any atom is -0.317 e. The number of nitrogens with zero attached hydrogens (tertiary/aromatic N) is 1. The first-order valence-corrected chi connectivity index (χ1v) is 7.51. The van der Waals surface area contributed by atoms with Crippen molar-refractivity contribution in [1.82, 2.24) is 10.2 Å². The molecular formula is C12H25ClN2S. The average molecular weight is 265 g/mol. The molecule has 2 heterocycles. The monoisotopic (exact) mass is 264 g/mol. The van der Waals surface area contributed by atoms with Crippen molar-refractivity contribution in [1.29, 1.82) is 0 Å². The smallest absolute Gasteiger partial charge is 0.00726 e. The molecule has 0 bridgehead atoms. The molecule has 2 aliphatic rings. The number of piperidine rings is 1. The second kappa shape index (κ2) is 7.80. The van der Waals surface area contributed by atoms with E-state index in [4.69, 9.17) is 0 Å². The molecular weight excluding hydrogens is 240 g/mol. The number of halogens is 1. The van der Waals surface area contributed by atoms with Gasteiger partial charge in [0.2, 0.25) is 0 Å². The summed E-state index contributed by atoms with van der Waals surface area (Å²) in [6.45, 7) is 8.88. The van der Waals surface area contributed by atoms with Gasteiger partial charge in [0.05, 0.1) is 0 Å². The third-order valence-corrected chi connectivity index (χ3v) is 4.78. The minimum absolute atomic E-state index is 0. The first kappa shape index (κ1) is 14.6. The van der Waals surface area contributed by atoms with E-state index in [9.17, 15) is 0 Å². The van der Waals surface area contributed by atoms with Crippen molar-refractivity contribution in [2.75, 3.05) is 44.2 Å². The van der Waals surface area contributed by atoms with E-state index in [1.807, 2.05) is 0 Å². The maximum Gasteiger partial charge on any atom is 0.00726 e. The summed E-state index contributed by atoms with van der Waals surface area (Å²) in [5, 5.41) is 3.45. The van der Waals surface area contributed by atoms with E-state index in [2.05, 4.69) is 28.9 Å². The Morgan fingerprint density at radius 2 is 2.06 bits per heavy atom. The third-order valence-electron chi connectivity index (χ3n) is 3.50. The number of hydrogen-bond acceptors (Lipinski definition) is 3. The summed E-state index contributed by atoms with van der Waals surface area (Å²) >= 11 is 2.14. The maximum absolute atomic E-state index is 3.45. The van der Waals surface area contributed by atoms with Crippen molar-refractivity contribution >= 4 is 24.2 Å². The first-order chi connectivity index (χ1) is 7.34. The first-order valence-electron chi connectivity index (χ1n) is 6.35. The summed E-state index contributed by atoms with van der Waals surface area (Å²) in [6, 6.07) is 0. The fourth-order valence-corrected chi connectivity index (χ4v) is 3.72. The van der Waals surface area contributed by atoms with E-state index in [-0.39, 0.29) is 12.4 Å². The molecule has 2 saturated heterocycles. The Morgan fingerprint density at radius 3 is 2.81 bits per heavy atom. The molecule has 4 heteroatoms. The predicted octanol–water partition coefficient (Wildman–Crippen LogP) is 2.09. The molecule has 0 aromatic rings. The van der Waals surface area contributed by atoms with Gasteiger partial charge in [-0.1, -0.05) is 6.92 Å². The maximum atomic E-state index is 3.45. The molecule has 2 rings (SSSR count). The van der Waals surface area contributed by atoms with Crippen LogP contribution in [0, 0.1) is 11.8 Å². The van der Waals surface area contributed by atoms with Crippen molar-refractivity contribution in [3.8, 4) is 0 Å². The van der Waals surface area contributed by atoms with Gasteiger partial charge in [0.25, 0.3) is 0 Å². The lowest BCUT2D eigenvalue weighted by molar-refractivity contribution is 0.201. The van der Waals surface area contributed by atoms with Crippen LogP contribution in [0.15, 0.2) is 0 Å². The van der Waals surface area contributed by atoms with Crippen LogP contribution in [0.5, 0.6) is 0 Å². The van der Waals surface area contributed by atoms with Gasteiger partial charge in [-0.05, 0) is 43.5 Å². The molecule has 0 aromatic carbocycles. The Hall–Kier alpha value is 0.560. The molecule has 0 saturated carbocycles. The van der Waals surface area contributed by atoms with Crippen LogP contribution >= 0.6 is 24.2 Å². The quantitative estimate of drug-likeness (QED) is 0.822. The highest BCUT2D eigenvalue weighted by atomic mass is 35.5. The largest absolute Gasteiger partial charge is 0.317 e. The zero-order valence-corrected chi connectivity index (χ0v) is 11.9. The molecule has 96 valence electrons. The van der Waals surface area contributed by atoms with Gasteiger partial charge in [0.15, 0.2) is 0 Å². The molecule has 2 aliphatic heterocycles. The van der Waals surface area contributed by atoms with E-state index in [1.54, 1.807) is 0 Å². The highest BCUT2D eigenvalue weighted by molar-refractivity contribution is 7.99. The number of hydrogen-bond donors (Lipinski definition) is 1. The molecule has 0 amide bonds. The second-order valence-electron chi connectivity index (χ2n) is 5.13. The van der Waals surface area contributed by atoms with E-state index in [0.717, 1.165) is 11.8 Å². The summed E-state index contributed by atoms with van der Waals surface area (Å²) < 4.78 is 0. The molecule has 0 aliphatic carbocycles. The molecule has 0 aromatic heterocycles. The van der Waals surface area contributed by atoms with Crippen LogP contribution in [0.1, 0.15) is 19.8 Å². The van der Waals surface area contributed by atoms with Gasteiger partial charge in [-0.2, -0.15) is 11.8 Å². The lowest BCUT2D eigenvalue weighted by Crippen LogP contribution is -2.38. The number of nitrogens with one attached hydrogen (secondary N) is 1. The minimum atomic E-state index is 0. The molecule has 2 fully saturated rings. The zero-order chi connectivity index (χ0) is 10.5. The Bertz CT molecular complexity index is 186. The highest BCUT2D eigenvalue weighted by Crippen LogP contribution is 2.19. The van der Waals surface area contributed by atoms with Gasteiger partial charge in [0, 0.05) is 25.4 Å². The Labute approximate surface area is 110 Å². The van der Waals surface area contributed by atoms with E-state index < -0.39 is 0 Å². The summed E-state index contributed by atoms with van der Waals surface area (Å²) in [7, 11) is 0. The van der Waals surface area contributed by atoms with E-state index >= 15 is 0 Å². The van der Waals surface area contributed by atoms with Crippen LogP contribution in [-0.4, -0.2) is 49.1 Å². The van der Waals surface area contributed by atoms with Gasteiger partial charge >= 0.3 is 0 Å². The Morgan fingerprint density at radius 1 is 1.31 bits per heavy atom. The van der Waals surface area contributed by atoms with Crippen LogP contribution in [0.3, 0.4) is 0 Å². The lowest BCUT2D eigenvalue weighted by Gasteiger charge is -2.30. The van der Waals surface area contributed by atoms with Crippen molar-refractivity contribution in [3.05, 3.63) is 0 Å². The molecule has 2 nitrogen and oxygen atoms in total. The molecule has 0 spiro atoms. The van der Waals surface area contributed by atoms with Gasteiger partial charge in [-0.3, -0.25) is 0 Å². The van der Waals surface area contributed by atoms with Gasteiger partial charge < -0.3 is 10.2 Å². The third kappa shape index (κ3) is 4.82. The molecule has 16 heavy (non-hydrogen) atoms. The van der Waals surface area contributed by atoms with Gasteiger partial charge in [-0.15, -0.1) is 12.4 Å². The Kier molecular flexibility index (Phi) is 7.13. The summed E-state index contributed by atoms with van der Waals surface area (Å²) in [5.74, 6) is 4.55. The molecule has 1 N–H and O–H groups in total. The second-order valence-corrected chi connectivity index (χ2v) is 6.28.